The Labute approximate surface area is 190 Å². The van der Waals surface area contributed by atoms with Crippen LogP contribution in [0, 0.1) is 0 Å². The van der Waals surface area contributed by atoms with E-state index in [1.807, 2.05) is 0 Å². The number of carbonyl (C=O) groups is 3. The number of benzene rings is 1. The van der Waals surface area contributed by atoms with Crippen molar-refractivity contribution in [2.45, 2.75) is 31.5 Å². The number of rotatable bonds is 5. The fourth-order valence-electron chi connectivity index (χ4n) is 3.52. The average Bonchev–Trinajstić information content (AvgIpc) is 3.42. The summed E-state index contributed by atoms with van der Waals surface area (Å²) in [4.78, 5) is 40.5. The molecule has 174 valence electrons. The molecule has 0 radical (unpaired) electrons. The van der Waals surface area contributed by atoms with E-state index in [-0.39, 0.29) is 29.4 Å². The van der Waals surface area contributed by atoms with Gasteiger partial charge < -0.3 is 10.6 Å². The summed E-state index contributed by atoms with van der Waals surface area (Å²) in [6.07, 6.45) is 0.223. The van der Waals surface area contributed by atoms with E-state index >= 15 is 0 Å². The summed E-state index contributed by atoms with van der Waals surface area (Å²) in [6, 6.07) is 5.84. The van der Waals surface area contributed by atoms with Crippen LogP contribution in [0.4, 0.5) is 24.8 Å². The number of imide groups is 1. The van der Waals surface area contributed by atoms with E-state index in [4.69, 9.17) is 0 Å². The molecule has 3 aromatic rings. The van der Waals surface area contributed by atoms with E-state index in [0.717, 1.165) is 31.0 Å². The number of hydrogen-bond acceptors (Lipinski definition) is 6. The van der Waals surface area contributed by atoms with Crippen LogP contribution in [0.5, 0.6) is 0 Å². The molecule has 3 amide bonds. The van der Waals surface area contributed by atoms with E-state index in [9.17, 15) is 27.6 Å². The van der Waals surface area contributed by atoms with Crippen LogP contribution >= 0.6 is 0 Å². The minimum atomic E-state index is -4.58. The molecule has 0 bridgehead atoms. The average molecular weight is 470 g/mol. The number of halogens is 3. The van der Waals surface area contributed by atoms with Crippen LogP contribution in [0.3, 0.4) is 0 Å². The predicted octanol–water partition coefficient (Wildman–Crippen LogP) is 3.00. The molecule has 0 atom stereocenters. The first-order valence-electron chi connectivity index (χ1n) is 10.4. The van der Waals surface area contributed by atoms with Gasteiger partial charge in [0.25, 0.3) is 11.8 Å². The summed E-state index contributed by atoms with van der Waals surface area (Å²) < 4.78 is 40.6. The highest BCUT2D eigenvalue weighted by Gasteiger charge is 2.31. The Bertz CT molecular complexity index is 1370. The lowest BCUT2D eigenvalue weighted by atomic mass is 10.1. The van der Waals surface area contributed by atoms with Crippen LogP contribution < -0.4 is 16.0 Å². The van der Waals surface area contributed by atoms with E-state index in [2.05, 4.69) is 26.0 Å². The molecule has 1 saturated heterocycles. The maximum absolute atomic E-state index is 13.0. The molecule has 2 aromatic heterocycles. The molecule has 12 heteroatoms. The molecule has 34 heavy (non-hydrogen) atoms. The van der Waals surface area contributed by atoms with Gasteiger partial charge in [0, 0.05) is 28.8 Å². The van der Waals surface area contributed by atoms with Crippen LogP contribution in [0.15, 0.2) is 42.1 Å². The number of anilines is 2. The number of hydrogen-bond donors (Lipinski definition) is 3. The van der Waals surface area contributed by atoms with Gasteiger partial charge in [0.05, 0.1) is 18.2 Å². The first-order chi connectivity index (χ1) is 16.2. The van der Waals surface area contributed by atoms with Gasteiger partial charge in [-0.1, -0.05) is 6.07 Å². The first kappa shape index (κ1) is 21.6. The molecule has 2 fully saturated rings. The fraction of sp³-hybridized carbons (Fsp3) is 0.227. The van der Waals surface area contributed by atoms with Crippen molar-refractivity contribution in [3.8, 4) is 0 Å². The number of aromatic nitrogens is 3. The molecule has 1 aliphatic heterocycles. The van der Waals surface area contributed by atoms with Crippen molar-refractivity contribution in [2.75, 3.05) is 10.6 Å². The SMILES string of the molecule is O=C1C/C(=C\c2cnn3c(NC4CC4)cc(NC(=O)c4cccc(C(F)(F)F)c4)nc23)C(=O)N1. The minimum Gasteiger partial charge on any atom is -0.367 e. The summed E-state index contributed by atoms with van der Waals surface area (Å²) in [6.45, 7) is 0. The van der Waals surface area contributed by atoms with Crippen molar-refractivity contribution < 1.29 is 27.6 Å². The number of nitrogens with zero attached hydrogens (tertiary/aromatic N) is 3. The molecule has 0 unspecified atom stereocenters. The Hall–Kier alpha value is -4.22. The molecule has 9 nitrogen and oxygen atoms in total. The molecular formula is C22H17F3N6O3. The van der Waals surface area contributed by atoms with Crippen LogP contribution in [-0.2, 0) is 15.8 Å². The van der Waals surface area contributed by atoms with Gasteiger partial charge in [-0.15, -0.1) is 0 Å². The van der Waals surface area contributed by atoms with Gasteiger partial charge in [0.15, 0.2) is 5.65 Å². The molecule has 2 aliphatic rings. The van der Waals surface area contributed by atoms with Gasteiger partial charge in [-0.2, -0.15) is 22.8 Å². The lowest BCUT2D eigenvalue weighted by molar-refractivity contribution is -0.137. The molecule has 1 aliphatic carbocycles. The van der Waals surface area contributed by atoms with Gasteiger partial charge >= 0.3 is 6.18 Å². The molecular weight excluding hydrogens is 453 g/mol. The van der Waals surface area contributed by atoms with Crippen molar-refractivity contribution in [2.24, 2.45) is 0 Å². The normalized spacial score (nSPS) is 17.3. The van der Waals surface area contributed by atoms with E-state index in [1.165, 1.54) is 28.9 Å². The predicted molar refractivity (Wildman–Crippen MR) is 115 cm³/mol. The second-order valence-corrected chi connectivity index (χ2v) is 8.04. The molecule has 1 aromatic carbocycles. The number of fused-ring (bicyclic) bond motifs is 1. The quantitative estimate of drug-likeness (QED) is 0.390. The topological polar surface area (TPSA) is 117 Å². The van der Waals surface area contributed by atoms with E-state index < -0.39 is 29.5 Å². The zero-order chi connectivity index (χ0) is 24.0. The maximum atomic E-state index is 13.0. The molecule has 3 N–H and O–H groups in total. The van der Waals surface area contributed by atoms with Crippen molar-refractivity contribution in [1.29, 1.82) is 0 Å². The van der Waals surface area contributed by atoms with Gasteiger partial charge in [-0.3, -0.25) is 19.7 Å². The second-order valence-electron chi connectivity index (χ2n) is 8.04. The third kappa shape index (κ3) is 4.34. The third-order valence-electron chi connectivity index (χ3n) is 5.35. The number of alkyl halides is 3. The highest BCUT2D eigenvalue weighted by molar-refractivity contribution is 6.15. The van der Waals surface area contributed by atoms with Gasteiger partial charge in [-0.05, 0) is 37.1 Å². The van der Waals surface area contributed by atoms with Crippen LogP contribution in [0.1, 0.15) is 40.7 Å². The van der Waals surface area contributed by atoms with Gasteiger partial charge in [0.1, 0.15) is 11.6 Å². The highest BCUT2D eigenvalue weighted by atomic mass is 19.4. The molecule has 0 spiro atoms. The summed E-state index contributed by atoms with van der Waals surface area (Å²) in [5.41, 5.74) is -0.130. The zero-order valence-electron chi connectivity index (χ0n) is 17.4. The third-order valence-corrected chi connectivity index (χ3v) is 5.35. The molecule has 1 saturated carbocycles. The monoisotopic (exact) mass is 470 g/mol. The van der Waals surface area contributed by atoms with Crippen molar-refractivity contribution >= 4 is 41.1 Å². The zero-order valence-corrected chi connectivity index (χ0v) is 17.4. The van der Waals surface area contributed by atoms with Crippen LogP contribution in [0.2, 0.25) is 0 Å². The van der Waals surface area contributed by atoms with Crippen molar-refractivity contribution in [3.63, 3.8) is 0 Å². The maximum Gasteiger partial charge on any atom is 0.416 e. The fourth-order valence-corrected chi connectivity index (χ4v) is 3.52. The van der Waals surface area contributed by atoms with Crippen LogP contribution in [-0.4, -0.2) is 38.4 Å². The van der Waals surface area contributed by atoms with Crippen LogP contribution in [0.25, 0.3) is 11.7 Å². The Morgan fingerprint density at radius 3 is 2.68 bits per heavy atom. The van der Waals surface area contributed by atoms with Gasteiger partial charge in [0.2, 0.25) is 5.91 Å². The number of amides is 3. The molecule has 3 heterocycles. The molecule has 5 rings (SSSR count). The Kier molecular flexibility index (Phi) is 5.07. The Morgan fingerprint density at radius 2 is 2.00 bits per heavy atom. The first-order valence-corrected chi connectivity index (χ1v) is 10.4. The van der Waals surface area contributed by atoms with E-state index in [0.29, 0.717) is 17.0 Å². The summed E-state index contributed by atoms with van der Waals surface area (Å²) in [5.74, 6) is -1.07. The number of carbonyl (C=O) groups excluding carboxylic acids is 3. The minimum absolute atomic E-state index is 0.0741. The standard InChI is InChI=1S/C22H17F3N6O3/c23-22(24,25)14-3-1-2-11(7-14)20(33)29-16-9-17(27-15-4-5-15)31-19(28-16)13(10-26-31)6-12-8-18(32)30-21(12)34/h1-3,6-7,9-10,15,27H,4-5,8H2,(H,28,29,33)(H,30,32,34)/b12-6+. The van der Waals surface area contributed by atoms with Crippen molar-refractivity contribution in [3.05, 3.63) is 58.8 Å². The largest absolute Gasteiger partial charge is 0.416 e. The lowest BCUT2D eigenvalue weighted by Gasteiger charge is -2.12. The summed E-state index contributed by atoms with van der Waals surface area (Å²) >= 11 is 0. The Morgan fingerprint density at radius 1 is 1.21 bits per heavy atom. The lowest BCUT2D eigenvalue weighted by Crippen LogP contribution is -2.19. The number of nitrogens with one attached hydrogen (secondary N) is 3. The van der Waals surface area contributed by atoms with Gasteiger partial charge in [-0.25, -0.2) is 4.98 Å². The highest BCUT2D eigenvalue weighted by Crippen LogP contribution is 2.30. The van der Waals surface area contributed by atoms with Crippen molar-refractivity contribution in [1.82, 2.24) is 19.9 Å². The van der Waals surface area contributed by atoms with E-state index in [1.54, 1.807) is 0 Å². The Balaban J connectivity index is 1.51. The summed E-state index contributed by atoms with van der Waals surface area (Å²) in [7, 11) is 0. The smallest absolute Gasteiger partial charge is 0.367 e. The summed E-state index contributed by atoms with van der Waals surface area (Å²) in [5, 5.41) is 12.3. The second kappa shape index (κ2) is 7.97.